The number of aliphatic hydroxyl groups excluding tert-OH is 1. The highest BCUT2D eigenvalue weighted by molar-refractivity contribution is 5.99. The number of carboxylic acids is 1. The van der Waals surface area contributed by atoms with E-state index in [1.807, 2.05) is 13.8 Å². The van der Waals surface area contributed by atoms with Gasteiger partial charge in [0.1, 0.15) is 23.7 Å². The van der Waals surface area contributed by atoms with Gasteiger partial charge in [-0.3, -0.25) is 33.6 Å². The van der Waals surface area contributed by atoms with Crippen molar-refractivity contribution in [2.45, 2.75) is 84.3 Å². The molecule has 2 aromatic rings. The molecular formula is C33H46N6O11. The quantitative estimate of drug-likeness (QED) is 0.0663. The summed E-state index contributed by atoms with van der Waals surface area (Å²) >= 11 is 0. The van der Waals surface area contributed by atoms with Crippen LogP contribution in [0.3, 0.4) is 0 Å². The maximum Gasteiger partial charge on any atom is 0.336 e. The summed E-state index contributed by atoms with van der Waals surface area (Å²) in [4.78, 5) is 97.7. The van der Waals surface area contributed by atoms with Gasteiger partial charge in [-0.15, -0.1) is 0 Å². The molecule has 0 aliphatic rings. The van der Waals surface area contributed by atoms with Crippen molar-refractivity contribution in [3.63, 3.8) is 0 Å². The Labute approximate surface area is 288 Å². The van der Waals surface area contributed by atoms with E-state index in [0.717, 1.165) is 0 Å². The first-order chi connectivity index (χ1) is 23.6. The molecule has 17 nitrogen and oxygen atoms in total. The number of aliphatic carboxylic acids is 1. The zero-order valence-electron chi connectivity index (χ0n) is 28.6. The molecular weight excluding hydrogens is 656 g/mol. The van der Waals surface area contributed by atoms with Crippen molar-refractivity contribution in [1.29, 1.82) is 0 Å². The van der Waals surface area contributed by atoms with E-state index in [1.165, 1.54) is 19.1 Å². The zero-order chi connectivity index (χ0) is 37.4. The molecule has 0 radical (unpaired) electrons. The second kappa shape index (κ2) is 20.3. The lowest BCUT2D eigenvalue weighted by molar-refractivity contribution is -0.138. The molecule has 0 saturated heterocycles. The Bertz CT molecular complexity index is 1610. The van der Waals surface area contributed by atoms with E-state index in [4.69, 9.17) is 9.52 Å². The molecule has 1 aromatic heterocycles. The van der Waals surface area contributed by atoms with Crippen LogP contribution < -0.4 is 37.5 Å². The Morgan fingerprint density at radius 2 is 1.54 bits per heavy atom. The summed E-state index contributed by atoms with van der Waals surface area (Å²) in [6.45, 7) is 5.50. The van der Waals surface area contributed by atoms with E-state index < -0.39 is 78.3 Å². The molecule has 2 rings (SSSR count). The first-order valence-electron chi connectivity index (χ1n) is 16.2. The van der Waals surface area contributed by atoms with Gasteiger partial charge in [-0.2, -0.15) is 0 Å². The number of amides is 6. The van der Waals surface area contributed by atoms with Crippen LogP contribution in [0.1, 0.15) is 64.9 Å². The first-order valence-corrected chi connectivity index (χ1v) is 16.2. The van der Waals surface area contributed by atoms with Gasteiger partial charge in [0, 0.05) is 43.1 Å². The number of carbonyl (C=O) groups is 7. The number of carboxylic acid groups (broad SMARTS) is 1. The molecule has 50 heavy (non-hydrogen) atoms. The zero-order valence-corrected chi connectivity index (χ0v) is 28.6. The number of fused-ring (bicyclic) bond motifs is 1. The second-order valence-corrected chi connectivity index (χ2v) is 12.2. The van der Waals surface area contributed by atoms with Crippen LogP contribution in [0.2, 0.25) is 0 Å². The van der Waals surface area contributed by atoms with Crippen molar-refractivity contribution in [3.8, 4) is 0 Å². The summed E-state index contributed by atoms with van der Waals surface area (Å²) in [5.74, 6) is -4.96. The summed E-state index contributed by atoms with van der Waals surface area (Å²) in [6.07, 6.45) is 0.584. The largest absolute Gasteiger partial charge is 0.481 e. The summed E-state index contributed by atoms with van der Waals surface area (Å²) in [6, 6.07) is 2.62. The monoisotopic (exact) mass is 702 g/mol. The molecule has 0 unspecified atom stereocenters. The van der Waals surface area contributed by atoms with Crippen molar-refractivity contribution in [2.75, 3.05) is 25.0 Å². The van der Waals surface area contributed by atoms with E-state index in [1.54, 1.807) is 19.1 Å². The smallest absolute Gasteiger partial charge is 0.336 e. The summed E-state index contributed by atoms with van der Waals surface area (Å²) in [5, 5.41) is 34.0. The molecule has 274 valence electrons. The lowest BCUT2D eigenvalue weighted by Crippen LogP contribution is -2.56. The molecule has 0 aliphatic carbocycles. The minimum Gasteiger partial charge on any atom is -0.481 e. The number of unbranched alkanes of at least 4 members (excludes halogenated alkanes) is 1. The standard InChI is InChI=1S/C33H46N6O11/c1-18(2)13-24(39-33(49)25(17-40)36-20(4)41)31(47)35-16-28(43)38-23(7-5-6-12-34-27(42)10-11-29(44)45)32(48)37-21-8-9-22-19(3)14-30(46)50-26(22)15-21/h8-9,14-15,18,23-25,40H,5-7,10-13,16-17H2,1-4H3,(H,34,42)(H,35,47)(H,36,41)(H,37,48)(H,38,43)(H,39,49)(H,44,45)/t23-,24-,25-/m0/s1. The third kappa shape index (κ3) is 14.4. The normalized spacial score (nSPS) is 12.7. The van der Waals surface area contributed by atoms with Crippen LogP contribution in [0.4, 0.5) is 5.69 Å². The van der Waals surface area contributed by atoms with Crippen molar-refractivity contribution in [3.05, 3.63) is 40.2 Å². The number of anilines is 1. The molecule has 0 spiro atoms. The fraction of sp³-hybridized carbons (Fsp3) is 0.515. The highest BCUT2D eigenvalue weighted by atomic mass is 16.4. The van der Waals surface area contributed by atoms with Gasteiger partial charge in [0.15, 0.2) is 0 Å². The molecule has 17 heteroatoms. The van der Waals surface area contributed by atoms with E-state index in [2.05, 4.69) is 31.9 Å². The molecule has 0 saturated carbocycles. The van der Waals surface area contributed by atoms with Crippen LogP contribution in [0.5, 0.6) is 0 Å². The van der Waals surface area contributed by atoms with Gasteiger partial charge in [0.05, 0.1) is 19.6 Å². The number of carbonyl (C=O) groups excluding carboxylic acids is 6. The predicted molar refractivity (Wildman–Crippen MR) is 181 cm³/mol. The minimum atomic E-state index is -1.28. The maximum atomic E-state index is 13.4. The van der Waals surface area contributed by atoms with E-state index in [-0.39, 0.29) is 43.7 Å². The van der Waals surface area contributed by atoms with E-state index >= 15 is 0 Å². The number of aliphatic hydroxyl groups is 1. The van der Waals surface area contributed by atoms with Gasteiger partial charge < -0.3 is 46.5 Å². The number of rotatable bonds is 20. The topological polar surface area (TPSA) is 262 Å². The van der Waals surface area contributed by atoms with Crippen molar-refractivity contribution >= 4 is 58.1 Å². The van der Waals surface area contributed by atoms with Gasteiger partial charge in [-0.25, -0.2) is 4.79 Å². The van der Waals surface area contributed by atoms with Crippen LogP contribution in [-0.2, 0) is 33.6 Å². The van der Waals surface area contributed by atoms with Crippen LogP contribution in [0.25, 0.3) is 11.0 Å². The van der Waals surface area contributed by atoms with E-state index in [0.29, 0.717) is 29.5 Å². The van der Waals surface area contributed by atoms with Gasteiger partial charge >= 0.3 is 11.6 Å². The molecule has 3 atom stereocenters. The fourth-order valence-corrected chi connectivity index (χ4v) is 4.86. The Morgan fingerprint density at radius 3 is 2.18 bits per heavy atom. The molecule has 6 amide bonds. The summed E-state index contributed by atoms with van der Waals surface area (Å²) in [5.41, 5.74) is 0.673. The number of hydrogen-bond donors (Lipinski definition) is 8. The van der Waals surface area contributed by atoms with Crippen LogP contribution in [-0.4, -0.2) is 89.4 Å². The third-order valence-electron chi connectivity index (χ3n) is 7.32. The highest BCUT2D eigenvalue weighted by Gasteiger charge is 2.27. The molecule has 0 aliphatic heterocycles. The Morgan fingerprint density at radius 1 is 0.820 bits per heavy atom. The molecule has 8 N–H and O–H groups in total. The van der Waals surface area contributed by atoms with Crippen LogP contribution in [0.15, 0.2) is 33.5 Å². The number of hydrogen-bond acceptors (Lipinski definition) is 10. The van der Waals surface area contributed by atoms with Gasteiger partial charge in [0.2, 0.25) is 35.4 Å². The van der Waals surface area contributed by atoms with Gasteiger partial charge in [0.25, 0.3) is 0 Å². The highest BCUT2D eigenvalue weighted by Crippen LogP contribution is 2.21. The molecule has 1 heterocycles. The van der Waals surface area contributed by atoms with Crippen LogP contribution in [0, 0.1) is 12.8 Å². The van der Waals surface area contributed by atoms with Crippen molar-refractivity contribution in [1.82, 2.24) is 26.6 Å². The average Bonchev–Trinajstić information content (AvgIpc) is 3.03. The van der Waals surface area contributed by atoms with Gasteiger partial charge in [-0.05, 0) is 56.2 Å². The predicted octanol–water partition coefficient (Wildman–Crippen LogP) is -0.180. The van der Waals surface area contributed by atoms with Crippen LogP contribution >= 0.6 is 0 Å². The summed E-state index contributed by atoms with van der Waals surface area (Å²) in [7, 11) is 0. The van der Waals surface area contributed by atoms with Gasteiger partial charge in [-0.1, -0.05) is 13.8 Å². The second-order valence-electron chi connectivity index (χ2n) is 12.2. The minimum absolute atomic E-state index is 0.0599. The van der Waals surface area contributed by atoms with Crippen molar-refractivity contribution < 1.29 is 48.2 Å². The fourth-order valence-electron chi connectivity index (χ4n) is 4.86. The lowest BCUT2D eigenvalue weighted by atomic mass is 10.0. The SMILES string of the molecule is CC(=O)N[C@@H](CO)C(=O)N[C@@H](CC(C)C)C(=O)NCC(=O)N[C@@H](CCCCNC(=O)CCC(=O)O)C(=O)Nc1ccc2c(C)cc(=O)oc2c1. The molecule has 1 aromatic carbocycles. The maximum absolute atomic E-state index is 13.4. The summed E-state index contributed by atoms with van der Waals surface area (Å²) < 4.78 is 5.25. The third-order valence-corrected chi connectivity index (χ3v) is 7.32. The molecule has 0 fully saturated rings. The van der Waals surface area contributed by atoms with Crippen molar-refractivity contribution in [2.24, 2.45) is 5.92 Å². The lowest BCUT2D eigenvalue weighted by Gasteiger charge is -2.23. The first kappa shape index (κ1) is 40.9. The number of nitrogens with one attached hydrogen (secondary N) is 6. The number of benzene rings is 1. The van der Waals surface area contributed by atoms with E-state index in [9.17, 15) is 43.5 Å². The average molecular weight is 703 g/mol. The number of aryl methyl sites for hydroxylation is 1. The Hall–Kier alpha value is -5.32. The Kier molecular flexibility index (Phi) is 16.5. The molecule has 0 bridgehead atoms. The Balaban J connectivity index is 2.10.